The number of para-hydroxylation sites is 2. The Hall–Kier alpha value is -2.56. The first kappa shape index (κ1) is 13.4. The van der Waals surface area contributed by atoms with Crippen molar-refractivity contribution in [3.8, 4) is 5.75 Å². The van der Waals surface area contributed by atoms with Crippen LogP contribution in [0.4, 0.5) is 10.1 Å². The number of aryl methyl sites for hydroxylation is 1. The van der Waals surface area contributed by atoms with Gasteiger partial charge in [-0.05, 0) is 24.3 Å². The van der Waals surface area contributed by atoms with E-state index in [9.17, 15) is 4.39 Å². The summed E-state index contributed by atoms with van der Waals surface area (Å²) in [6.07, 6.45) is 0. The van der Waals surface area contributed by atoms with E-state index in [1.165, 1.54) is 13.2 Å². The predicted molar refractivity (Wildman–Crippen MR) is 81.0 cm³/mol. The zero-order valence-electron chi connectivity index (χ0n) is 11.9. The van der Waals surface area contributed by atoms with E-state index in [0.29, 0.717) is 6.54 Å². The number of nitrogens with zero attached hydrogens (tertiary/aromatic N) is 2. The highest BCUT2D eigenvalue weighted by Crippen LogP contribution is 2.22. The van der Waals surface area contributed by atoms with Gasteiger partial charge in [0, 0.05) is 18.8 Å². The summed E-state index contributed by atoms with van der Waals surface area (Å²) < 4.78 is 20.4. The van der Waals surface area contributed by atoms with E-state index in [-0.39, 0.29) is 11.6 Å². The number of rotatable bonds is 4. The monoisotopic (exact) mass is 285 g/mol. The molecule has 3 rings (SSSR count). The lowest BCUT2D eigenvalue weighted by atomic mass is 10.3. The summed E-state index contributed by atoms with van der Waals surface area (Å²) in [5.74, 6) is 0.773. The van der Waals surface area contributed by atoms with E-state index in [1.54, 1.807) is 12.1 Å². The fourth-order valence-corrected chi connectivity index (χ4v) is 2.30. The third-order valence-electron chi connectivity index (χ3n) is 3.48. The van der Waals surface area contributed by atoms with Crippen LogP contribution in [0, 0.1) is 5.82 Å². The maximum Gasteiger partial charge on any atom is 0.165 e. The highest BCUT2D eigenvalue weighted by molar-refractivity contribution is 5.75. The largest absolute Gasteiger partial charge is 0.494 e. The zero-order valence-corrected chi connectivity index (χ0v) is 11.9. The number of nitrogens with one attached hydrogen (secondary N) is 1. The van der Waals surface area contributed by atoms with Crippen LogP contribution in [-0.4, -0.2) is 16.7 Å². The summed E-state index contributed by atoms with van der Waals surface area (Å²) in [7, 11) is 3.44. The minimum Gasteiger partial charge on any atom is -0.494 e. The number of hydrogen-bond donors (Lipinski definition) is 1. The second kappa shape index (κ2) is 5.44. The van der Waals surface area contributed by atoms with E-state index in [2.05, 4.69) is 10.3 Å². The number of ether oxygens (including phenoxy) is 1. The summed E-state index contributed by atoms with van der Waals surface area (Å²) in [4.78, 5) is 4.58. The van der Waals surface area contributed by atoms with Gasteiger partial charge in [-0.3, -0.25) is 0 Å². The van der Waals surface area contributed by atoms with Crippen LogP contribution in [0.2, 0.25) is 0 Å². The van der Waals surface area contributed by atoms with Gasteiger partial charge in [-0.25, -0.2) is 9.37 Å². The van der Waals surface area contributed by atoms with Crippen LogP contribution in [0.3, 0.4) is 0 Å². The molecule has 1 heterocycles. The molecule has 4 nitrogen and oxygen atoms in total. The summed E-state index contributed by atoms with van der Waals surface area (Å²) in [6.45, 7) is 0.556. The Morgan fingerprint density at radius 2 is 2.05 bits per heavy atom. The molecule has 1 N–H and O–H groups in total. The Morgan fingerprint density at radius 3 is 2.81 bits per heavy atom. The Morgan fingerprint density at radius 1 is 1.24 bits per heavy atom. The van der Waals surface area contributed by atoms with Gasteiger partial charge in [0.2, 0.25) is 0 Å². The molecular formula is C16H16FN3O. The number of aromatic nitrogens is 2. The smallest absolute Gasteiger partial charge is 0.165 e. The van der Waals surface area contributed by atoms with E-state index < -0.39 is 0 Å². The van der Waals surface area contributed by atoms with Crippen molar-refractivity contribution >= 4 is 16.7 Å². The van der Waals surface area contributed by atoms with Crippen molar-refractivity contribution < 1.29 is 9.13 Å². The van der Waals surface area contributed by atoms with Gasteiger partial charge in [-0.2, -0.15) is 0 Å². The lowest BCUT2D eigenvalue weighted by molar-refractivity contribution is 0.387. The van der Waals surface area contributed by atoms with E-state index in [0.717, 1.165) is 22.5 Å². The molecule has 2 aromatic carbocycles. The van der Waals surface area contributed by atoms with Gasteiger partial charge in [0.25, 0.3) is 0 Å². The second-order valence-corrected chi connectivity index (χ2v) is 4.78. The Labute approximate surface area is 122 Å². The van der Waals surface area contributed by atoms with Crippen molar-refractivity contribution in [3.63, 3.8) is 0 Å². The van der Waals surface area contributed by atoms with Crippen LogP contribution >= 0.6 is 0 Å². The normalized spacial score (nSPS) is 10.8. The number of benzene rings is 2. The van der Waals surface area contributed by atoms with Crippen molar-refractivity contribution in [3.05, 3.63) is 54.1 Å². The minimum atomic E-state index is -0.370. The average molecular weight is 285 g/mol. The maximum atomic E-state index is 13.4. The molecule has 0 radical (unpaired) electrons. The van der Waals surface area contributed by atoms with Crippen LogP contribution in [-0.2, 0) is 13.6 Å². The van der Waals surface area contributed by atoms with E-state index >= 15 is 0 Å². The molecule has 0 spiro atoms. The highest BCUT2D eigenvalue weighted by atomic mass is 19.1. The average Bonchev–Trinajstić information content (AvgIpc) is 2.83. The van der Waals surface area contributed by atoms with Crippen LogP contribution in [0.1, 0.15) is 5.82 Å². The van der Waals surface area contributed by atoms with Crippen LogP contribution < -0.4 is 10.1 Å². The highest BCUT2D eigenvalue weighted by Gasteiger charge is 2.08. The Kier molecular flexibility index (Phi) is 3.48. The van der Waals surface area contributed by atoms with E-state index in [4.69, 9.17) is 4.74 Å². The molecule has 0 aliphatic rings. The molecule has 0 unspecified atom stereocenters. The van der Waals surface area contributed by atoms with Crippen molar-refractivity contribution in [2.45, 2.75) is 6.54 Å². The maximum absolute atomic E-state index is 13.4. The molecule has 108 valence electrons. The van der Waals surface area contributed by atoms with E-state index in [1.807, 2.05) is 35.9 Å². The number of hydrogen-bond acceptors (Lipinski definition) is 3. The molecule has 0 saturated carbocycles. The van der Waals surface area contributed by atoms with Crippen molar-refractivity contribution in [1.82, 2.24) is 9.55 Å². The lowest BCUT2D eigenvalue weighted by Crippen LogP contribution is -2.06. The molecule has 0 aliphatic heterocycles. The van der Waals surface area contributed by atoms with Gasteiger partial charge in [0.15, 0.2) is 11.6 Å². The second-order valence-electron chi connectivity index (χ2n) is 4.78. The molecule has 0 atom stereocenters. The van der Waals surface area contributed by atoms with Gasteiger partial charge in [0.05, 0.1) is 24.7 Å². The minimum absolute atomic E-state index is 0.227. The molecule has 1 aromatic heterocycles. The quantitative estimate of drug-likeness (QED) is 0.799. The summed E-state index contributed by atoms with van der Waals surface area (Å²) in [5.41, 5.74) is 2.85. The summed E-state index contributed by atoms with van der Waals surface area (Å²) in [6, 6.07) is 12.7. The molecule has 0 bridgehead atoms. The lowest BCUT2D eigenvalue weighted by Gasteiger charge is -2.09. The molecule has 0 fully saturated rings. The molecule has 21 heavy (non-hydrogen) atoms. The first-order valence-corrected chi connectivity index (χ1v) is 6.67. The molecule has 0 amide bonds. The fourth-order valence-electron chi connectivity index (χ4n) is 2.30. The summed E-state index contributed by atoms with van der Waals surface area (Å²) >= 11 is 0. The number of halogens is 1. The van der Waals surface area contributed by atoms with Crippen molar-refractivity contribution in [1.29, 1.82) is 0 Å². The topological polar surface area (TPSA) is 39.1 Å². The van der Waals surface area contributed by atoms with Crippen molar-refractivity contribution in [2.24, 2.45) is 7.05 Å². The third kappa shape index (κ3) is 2.54. The molecule has 5 heteroatoms. The van der Waals surface area contributed by atoms with Gasteiger partial charge in [-0.15, -0.1) is 0 Å². The predicted octanol–water partition coefficient (Wildman–Crippen LogP) is 3.33. The molecule has 0 aliphatic carbocycles. The first-order chi connectivity index (χ1) is 10.2. The zero-order chi connectivity index (χ0) is 14.8. The van der Waals surface area contributed by atoms with Crippen LogP contribution in [0.15, 0.2) is 42.5 Å². The van der Waals surface area contributed by atoms with Gasteiger partial charge >= 0.3 is 0 Å². The fraction of sp³-hybridized carbons (Fsp3) is 0.188. The number of anilines is 1. The van der Waals surface area contributed by atoms with Crippen LogP contribution in [0.5, 0.6) is 5.75 Å². The molecule has 3 aromatic rings. The van der Waals surface area contributed by atoms with Gasteiger partial charge in [-0.1, -0.05) is 12.1 Å². The first-order valence-electron chi connectivity index (χ1n) is 6.67. The molecule has 0 saturated heterocycles. The summed E-state index contributed by atoms with van der Waals surface area (Å²) in [5, 5.41) is 3.23. The number of imidazole rings is 1. The molecular weight excluding hydrogens is 269 g/mol. The Bertz CT molecular complexity index is 782. The van der Waals surface area contributed by atoms with Gasteiger partial charge < -0.3 is 14.6 Å². The Balaban J connectivity index is 1.82. The van der Waals surface area contributed by atoms with Crippen LogP contribution in [0.25, 0.3) is 11.0 Å². The number of fused-ring (bicyclic) bond motifs is 1. The van der Waals surface area contributed by atoms with Crippen molar-refractivity contribution in [2.75, 3.05) is 12.4 Å². The standard InChI is InChI=1S/C16H16FN3O/c1-20-14-6-4-3-5-13(14)19-16(20)10-18-11-7-8-12(17)15(9-11)21-2/h3-9,18H,10H2,1-2H3. The number of methoxy groups -OCH3 is 1. The van der Waals surface area contributed by atoms with Gasteiger partial charge in [0.1, 0.15) is 5.82 Å². The SMILES string of the molecule is COc1cc(NCc2nc3ccccc3n2C)ccc1F. The third-order valence-corrected chi connectivity index (χ3v) is 3.48.